The van der Waals surface area contributed by atoms with E-state index in [2.05, 4.69) is 38.2 Å². The van der Waals surface area contributed by atoms with E-state index in [0.29, 0.717) is 19.3 Å². The summed E-state index contributed by atoms with van der Waals surface area (Å²) in [7, 11) is 5.37. The average Bonchev–Trinajstić information content (AvgIpc) is 2.50. The van der Waals surface area contributed by atoms with Gasteiger partial charge in [0.2, 0.25) is 0 Å². The summed E-state index contributed by atoms with van der Waals surface area (Å²) >= 11 is 0. The molecule has 0 aliphatic carbocycles. The summed E-state index contributed by atoms with van der Waals surface area (Å²) in [4.78, 5) is 0. The molecule has 0 heterocycles. The predicted molar refractivity (Wildman–Crippen MR) is 85.8 cm³/mol. The molecule has 0 aliphatic heterocycles. The van der Waals surface area contributed by atoms with Crippen molar-refractivity contribution >= 4 is 0 Å². The quantitative estimate of drug-likeness (QED) is 0.710. The molecular formula is C17H29NO3. The van der Waals surface area contributed by atoms with Crippen LogP contribution in [0.15, 0.2) is 18.2 Å². The SMILES string of the molecule is CNC(C)c1ccc(OC)c(COCCC(C)(C)OC)c1. The van der Waals surface area contributed by atoms with Gasteiger partial charge in [-0.1, -0.05) is 6.07 Å². The van der Waals surface area contributed by atoms with Crippen molar-refractivity contribution in [2.75, 3.05) is 27.9 Å². The first-order valence-electron chi connectivity index (χ1n) is 7.40. The number of hydrogen-bond donors (Lipinski definition) is 1. The minimum atomic E-state index is -0.146. The van der Waals surface area contributed by atoms with Gasteiger partial charge in [-0.15, -0.1) is 0 Å². The molecule has 1 aromatic carbocycles. The van der Waals surface area contributed by atoms with E-state index in [0.717, 1.165) is 17.7 Å². The van der Waals surface area contributed by atoms with Gasteiger partial charge < -0.3 is 19.5 Å². The van der Waals surface area contributed by atoms with Crippen LogP contribution in [0.2, 0.25) is 0 Å². The molecule has 0 saturated carbocycles. The lowest BCUT2D eigenvalue weighted by Gasteiger charge is -2.22. The van der Waals surface area contributed by atoms with Crippen LogP contribution < -0.4 is 10.1 Å². The minimum absolute atomic E-state index is 0.146. The van der Waals surface area contributed by atoms with Gasteiger partial charge in [0.15, 0.2) is 0 Å². The summed E-state index contributed by atoms with van der Waals surface area (Å²) in [5.41, 5.74) is 2.16. The van der Waals surface area contributed by atoms with E-state index in [9.17, 15) is 0 Å². The summed E-state index contributed by atoms with van der Waals surface area (Å²) in [6.45, 7) is 7.47. The van der Waals surface area contributed by atoms with E-state index in [-0.39, 0.29) is 5.60 Å². The first kappa shape index (κ1) is 18.0. The van der Waals surface area contributed by atoms with E-state index < -0.39 is 0 Å². The molecule has 0 aromatic heterocycles. The normalized spacial score (nSPS) is 13.2. The highest BCUT2D eigenvalue weighted by Crippen LogP contribution is 2.24. The van der Waals surface area contributed by atoms with Crippen molar-refractivity contribution in [3.63, 3.8) is 0 Å². The summed E-state index contributed by atoms with van der Waals surface area (Å²) in [6.07, 6.45) is 0.860. The lowest BCUT2D eigenvalue weighted by atomic mass is 10.0. The molecule has 0 saturated heterocycles. The Bertz CT molecular complexity index is 432. The van der Waals surface area contributed by atoms with Crippen molar-refractivity contribution in [1.82, 2.24) is 5.32 Å². The van der Waals surface area contributed by atoms with Crippen LogP contribution in [0.5, 0.6) is 5.75 Å². The standard InChI is InChI=1S/C17H29NO3/c1-13(18-4)14-7-8-16(19-5)15(11-14)12-21-10-9-17(2,3)20-6/h7-8,11,13,18H,9-10,12H2,1-6H3. The maximum absolute atomic E-state index is 5.79. The molecule has 1 rings (SSSR count). The molecule has 1 unspecified atom stereocenters. The highest BCUT2D eigenvalue weighted by molar-refractivity contribution is 5.38. The number of benzene rings is 1. The average molecular weight is 295 g/mol. The molecule has 0 amide bonds. The van der Waals surface area contributed by atoms with Gasteiger partial charge in [-0.25, -0.2) is 0 Å². The van der Waals surface area contributed by atoms with Crippen LogP contribution in [-0.2, 0) is 16.1 Å². The van der Waals surface area contributed by atoms with Crippen molar-refractivity contribution in [2.24, 2.45) is 0 Å². The van der Waals surface area contributed by atoms with Gasteiger partial charge in [0.1, 0.15) is 5.75 Å². The van der Waals surface area contributed by atoms with Crippen LogP contribution in [0, 0.1) is 0 Å². The molecule has 1 atom stereocenters. The van der Waals surface area contributed by atoms with E-state index in [1.807, 2.05) is 13.1 Å². The van der Waals surface area contributed by atoms with Crippen LogP contribution in [0.4, 0.5) is 0 Å². The maximum atomic E-state index is 5.79. The molecule has 0 aliphatic rings. The Morgan fingerprint density at radius 2 is 1.95 bits per heavy atom. The second-order valence-electron chi connectivity index (χ2n) is 5.85. The van der Waals surface area contributed by atoms with Gasteiger partial charge in [-0.3, -0.25) is 0 Å². The molecule has 120 valence electrons. The van der Waals surface area contributed by atoms with Gasteiger partial charge in [0.05, 0.1) is 19.3 Å². The predicted octanol–water partition coefficient (Wildman–Crippen LogP) is 3.31. The molecule has 1 N–H and O–H groups in total. The summed E-state index contributed by atoms with van der Waals surface area (Å²) in [6, 6.07) is 6.53. The maximum Gasteiger partial charge on any atom is 0.124 e. The van der Waals surface area contributed by atoms with E-state index >= 15 is 0 Å². The zero-order valence-electron chi connectivity index (χ0n) is 14.2. The molecule has 21 heavy (non-hydrogen) atoms. The van der Waals surface area contributed by atoms with Crippen molar-refractivity contribution in [2.45, 2.75) is 45.4 Å². The Morgan fingerprint density at radius 1 is 1.24 bits per heavy atom. The topological polar surface area (TPSA) is 39.7 Å². The molecule has 4 nitrogen and oxygen atoms in total. The van der Waals surface area contributed by atoms with Crippen LogP contribution >= 0.6 is 0 Å². The number of methoxy groups -OCH3 is 2. The van der Waals surface area contributed by atoms with E-state index in [1.54, 1.807) is 14.2 Å². The van der Waals surface area contributed by atoms with Gasteiger partial charge in [0, 0.05) is 25.3 Å². The summed E-state index contributed by atoms with van der Waals surface area (Å²) in [5.74, 6) is 0.869. The lowest BCUT2D eigenvalue weighted by Crippen LogP contribution is -2.24. The fraction of sp³-hybridized carbons (Fsp3) is 0.647. The smallest absolute Gasteiger partial charge is 0.124 e. The van der Waals surface area contributed by atoms with E-state index in [4.69, 9.17) is 14.2 Å². The number of nitrogens with one attached hydrogen (secondary N) is 1. The van der Waals surface area contributed by atoms with Gasteiger partial charge in [-0.05, 0) is 51.9 Å². The third kappa shape index (κ3) is 5.65. The van der Waals surface area contributed by atoms with Crippen LogP contribution in [0.3, 0.4) is 0 Å². The van der Waals surface area contributed by atoms with Gasteiger partial charge in [0.25, 0.3) is 0 Å². The van der Waals surface area contributed by atoms with Crippen LogP contribution in [0.25, 0.3) is 0 Å². The third-order valence-electron chi connectivity index (χ3n) is 3.90. The number of rotatable bonds is 9. The monoisotopic (exact) mass is 295 g/mol. The number of hydrogen-bond acceptors (Lipinski definition) is 4. The number of ether oxygens (including phenoxy) is 3. The Labute approximate surface area is 128 Å². The molecular weight excluding hydrogens is 266 g/mol. The Kier molecular flexibility index (Phi) is 7.15. The first-order valence-corrected chi connectivity index (χ1v) is 7.40. The van der Waals surface area contributed by atoms with Gasteiger partial charge in [-0.2, -0.15) is 0 Å². The molecule has 0 bridgehead atoms. The highest BCUT2D eigenvalue weighted by Gasteiger charge is 2.16. The van der Waals surface area contributed by atoms with Crippen LogP contribution in [-0.4, -0.2) is 33.5 Å². The second-order valence-corrected chi connectivity index (χ2v) is 5.85. The first-order chi connectivity index (χ1) is 9.93. The lowest BCUT2D eigenvalue weighted by molar-refractivity contribution is -0.0126. The van der Waals surface area contributed by atoms with Gasteiger partial charge >= 0.3 is 0 Å². The fourth-order valence-corrected chi connectivity index (χ4v) is 1.95. The minimum Gasteiger partial charge on any atom is -0.496 e. The zero-order chi connectivity index (χ0) is 15.9. The second kappa shape index (κ2) is 8.37. The zero-order valence-corrected chi connectivity index (χ0v) is 14.2. The molecule has 0 fully saturated rings. The van der Waals surface area contributed by atoms with E-state index in [1.165, 1.54) is 5.56 Å². The summed E-state index contributed by atoms with van der Waals surface area (Å²) in [5, 5.41) is 3.24. The van der Waals surface area contributed by atoms with Crippen molar-refractivity contribution in [3.8, 4) is 5.75 Å². The summed E-state index contributed by atoms with van der Waals surface area (Å²) < 4.78 is 16.6. The van der Waals surface area contributed by atoms with Crippen molar-refractivity contribution < 1.29 is 14.2 Å². The molecule has 0 spiro atoms. The molecule has 1 aromatic rings. The highest BCUT2D eigenvalue weighted by atomic mass is 16.5. The Balaban J connectivity index is 2.64. The fourth-order valence-electron chi connectivity index (χ4n) is 1.95. The Morgan fingerprint density at radius 3 is 2.52 bits per heavy atom. The molecule has 4 heteroatoms. The van der Waals surface area contributed by atoms with Crippen LogP contribution in [0.1, 0.15) is 44.4 Å². The van der Waals surface area contributed by atoms with Crippen molar-refractivity contribution in [1.29, 1.82) is 0 Å². The largest absolute Gasteiger partial charge is 0.496 e. The third-order valence-corrected chi connectivity index (χ3v) is 3.90. The van der Waals surface area contributed by atoms with Crippen molar-refractivity contribution in [3.05, 3.63) is 29.3 Å². The molecule has 0 radical (unpaired) electrons. The Hall–Kier alpha value is -1.10.